The quantitative estimate of drug-likeness (QED) is 0.592. The molecule has 0 aliphatic carbocycles. The van der Waals surface area contributed by atoms with Crippen molar-refractivity contribution in [1.29, 1.82) is 0 Å². The molecule has 6 nitrogen and oxygen atoms in total. The van der Waals surface area contributed by atoms with E-state index in [-0.39, 0.29) is 11.2 Å². The highest BCUT2D eigenvalue weighted by molar-refractivity contribution is 5.43. The van der Waals surface area contributed by atoms with E-state index in [1.54, 1.807) is 6.07 Å². The fourth-order valence-corrected chi connectivity index (χ4v) is 2.25. The molecule has 2 rings (SSSR count). The van der Waals surface area contributed by atoms with Gasteiger partial charge in [0.1, 0.15) is 12.4 Å². The highest BCUT2D eigenvalue weighted by Gasteiger charge is 2.18. The molecule has 2 aromatic rings. The molecule has 0 spiro atoms. The Balaban J connectivity index is 2.16. The van der Waals surface area contributed by atoms with Crippen LogP contribution in [0.4, 0.5) is 5.69 Å². The van der Waals surface area contributed by atoms with Crippen molar-refractivity contribution in [3.8, 4) is 5.75 Å². The van der Waals surface area contributed by atoms with Crippen molar-refractivity contribution in [1.82, 2.24) is 5.32 Å². The molecule has 0 aliphatic heterocycles. The van der Waals surface area contributed by atoms with Gasteiger partial charge in [-0.15, -0.1) is 0 Å². The van der Waals surface area contributed by atoms with Gasteiger partial charge in [-0.05, 0) is 38.0 Å². The molecule has 0 aliphatic rings. The van der Waals surface area contributed by atoms with Crippen LogP contribution in [0.5, 0.6) is 5.75 Å². The smallest absolute Gasteiger partial charge is 0.273 e. The summed E-state index contributed by atoms with van der Waals surface area (Å²) in [6, 6.07) is 13.9. The van der Waals surface area contributed by atoms with Crippen LogP contribution in [0.25, 0.3) is 0 Å². The van der Waals surface area contributed by atoms with Crippen molar-refractivity contribution >= 4 is 5.69 Å². The molecule has 1 unspecified atom stereocenters. The molecule has 1 atom stereocenters. The third-order valence-corrected chi connectivity index (χ3v) is 3.58. The van der Waals surface area contributed by atoms with Crippen molar-refractivity contribution in [2.45, 2.75) is 39.0 Å². The summed E-state index contributed by atoms with van der Waals surface area (Å²) in [5.74, 6) is 0.364. The topological polar surface area (TPSA) is 84.6 Å². The molecular formula is C19H24N2O4. The first-order chi connectivity index (χ1) is 11.7. The highest BCUT2D eigenvalue weighted by Crippen LogP contribution is 2.27. The molecule has 2 N–H and O–H groups in total. The third kappa shape index (κ3) is 6.17. The van der Waals surface area contributed by atoms with E-state index in [1.807, 2.05) is 51.1 Å². The van der Waals surface area contributed by atoms with E-state index >= 15 is 0 Å². The Labute approximate surface area is 147 Å². The molecule has 0 bridgehead atoms. The number of nitrogens with zero attached hydrogens (tertiary/aromatic N) is 1. The molecule has 0 fully saturated rings. The van der Waals surface area contributed by atoms with E-state index in [9.17, 15) is 15.2 Å². The summed E-state index contributed by atoms with van der Waals surface area (Å²) in [5, 5.41) is 24.7. The maximum atomic E-state index is 11.2. The summed E-state index contributed by atoms with van der Waals surface area (Å²) in [4.78, 5) is 10.7. The maximum Gasteiger partial charge on any atom is 0.273 e. The normalized spacial score (nSPS) is 12.6. The second-order valence-electron chi connectivity index (χ2n) is 6.94. The van der Waals surface area contributed by atoms with Gasteiger partial charge in [0.05, 0.1) is 17.1 Å². The monoisotopic (exact) mass is 344 g/mol. The number of aliphatic hydroxyl groups excluding tert-OH is 1. The molecule has 0 heterocycles. The molecule has 0 saturated heterocycles. The Hall–Kier alpha value is -2.44. The van der Waals surface area contributed by atoms with Gasteiger partial charge >= 0.3 is 0 Å². The zero-order chi connectivity index (χ0) is 18.4. The molecule has 0 amide bonds. The molecule has 2 aromatic carbocycles. The van der Waals surface area contributed by atoms with Crippen LogP contribution in [0.1, 0.15) is 38.0 Å². The van der Waals surface area contributed by atoms with Crippen LogP contribution >= 0.6 is 0 Å². The van der Waals surface area contributed by atoms with E-state index in [0.717, 1.165) is 5.56 Å². The van der Waals surface area contributed by atoms with Gasteiger partial charge in [0.15, 0.2) is 0 Å². The third-order valence-electron chi connectivity index (χ3n) is 3.58. The van der Waals surface area contributed by atoms with Crippen LogP contribution in [0.15, 0.2) is 48.5 Å². The molecule has 6 heteroatoms. The van der Waals surface area contributed by atoms with E-state index in [2.05, 4.69) is 5.32 Å². The lowest BCUT2D eigenvalue weighted by Gasteiger charge is -2.23. The summed E-state index contributed by atoms with van der Waals surface area (Å²) in [6.07, 6.45) is -0.863. The van der Waals surface area contributed by atoms with Crippen LogP contribution in [-0.2, 0) is 6.61 Å². The van der Waals surface area contributed by atoms with Gasteiger partial charge in [0.2, 0.25) is 0 Å². The number of nitro groups is 1. The van der Waals surface area contributed by atoms with Crippen molar-refractivity contribution in [2.24, 2.45) is 0 Å². The molecule has 0 aromatic heterocycles. The minimum absolute atomic E-state index is 0.102. The molecule has 0 radical (unpaired) electrons. The predicted molar refractivity (Wildman–Crippen MR) is 96.6 cm³/mol. The average molecular weight is 344 g/mol. The summed E-state index contributed by atoms with van der Waals surface area (Å²) in [7, 11) is 0. The van der Waals surface area contributed by atoms with E-state index in [4.69, 9.17) is 4.74 Å². The molecule has 0 saturated carbocycles. The van der Waals surface area contributed by atoms with Gasteiger partial charge in [-0.3, -0.25) is 10.1 Å². The Morgan fingerprint density at radius 1 is 1.20 bits per heavy atom. The van der Waals surface area contributed by atoms with Crippen LogP contribution < -0.4 is 10.1 Å². The lowest BCUT2D eigenvalue weighted by molar-refractivity contribution is -0.385. The number of nitrogens with one attached hydrogen (secondary N) is 1. The lowest BCUT2D eigenvalue weighted by Crippen LogP contribution is -2.38. The number of β-amino-alcohol motifs (C(OH)–C–C–N with tert-alkyl or cyclic N) is 1. The van der Waals surface area contributed by atoms with Gasteiger partial charge < -0.3 is 15.2 Å². The van der Waals surface area contributed by atoms with E-state index in [0.29, 0.717) is 24.5 Å². The molecule has 134 valence electrons. The fraction of sp³-hybridized carbons (Fsp3) is 0.368. The van der Waals surface area contributed by atoms with Crippen molar-refractivity contribution in [3.63, 3.8) is 0 Å². The second-order valence-corrected chi connectivity index (χ2v) is 6.94. The lowest BCUT2D eigenvalue weighted by atomic mass is 10.1. The second kappa shape index (κ2) is 8.09. The Bertz CT molecular complexity index is 711. The summed E-state index contributed by atoms with van der Waals surface area (Å²) in [5.41, 5.74) is 1.16. The number of hydrogen-bond donors (Lipinski definition) is 2. The van der Waals surface area contributed by atoms with E-state index < -0.39 is 11.0 Å². The number of rotatable bonds is 7. The van der Waals surface area contributed by atoms with Crippen LogP contribution in [-0.4, -0.2) is 22.1 Å². The number of benzene rings is 2. The Kier molecular flexibility index (Phi) is 6.12. The highest BCUT2D eigenvalue weighted by atomic mass is 16.6. The molecule has 25 heavy (non-hydrogen) atoms. The van der Waals surface area contributed by atoms with E-state index in [1.165, 1.54) is 12.1 Å². The Morgan fingerprint density at radius 3 is 2.48 bits per heavy atom. The number of nitro benzene ring substituents is 1. The van der Waals surface area contributed by atoms with Gasteiger partial charge in [0, 0.05) is 18.2 Å². The summed E-state index contributed by atoms with van der Waals surface area (Å²) >= 11 is 0. The molecular weight excluding hydrogens is 320 g/mol. The number of non-ortho nitro benzene ring substituents is 1. The largest absolute Gasteiger partial charge is 0.489 e. The first-order valence-corrected chi connectivity index (χ1v) is 8.14. The van der Waals surface area contributed by atoms with Gasteiger partial charge in [-0.2, -0.15) is 0 Å². The van der Waals surface area contributed by atoms with Crippen molar-refractivity contribution in [3.05, 3.63) is 69.8 Å². The number of hydrogen-bond acceptors (Lipinski definition) is 5. The van der Waals surface area contributed by atoms with Crippen LogP contribution in [0.3, 0.4) is 0 Å². The maximum absolute atomic E-state index is 11.2. The zero-order valence-corrected chi connectivity index (χ0v) is 14.7. The van der Waals surface area contributed by atoms with Crippen molar-refractivity contribution in [2.75, 3.05) is 6.54 Å². The Morgan fingerprint density at radius 2 is 1.88 bits per heavy atom. The predicted octanol–water partition coefficient (Wildman–Crippen LogP) is 3.60. The van der Waals surface area contributed by atoms with Crippen LogP contribution in [0, 0.1) is 10.1 Å². The van der Waals surface area contributed by atoms with Crippen molar-refractivity contribution < 1.29 is 14.8 Å². The minimum Gasteiger partial charge on any atom is -0.489 e. The number of ether oxygens (including phenoxy) is 1. The standard InChI is InChI=1S/C19H24N2O4/c1-19(2,3)20-12-18(22)15-9-16(21(23)24)11-17(10-15)25-13-14-7-5-4-6-8-14/h4-11,18,20,22H,12-13H2,1-3H3. The van der Waals surface area contributed by atoms with Crippen LogP contribution in [0.2, 0.25) is 0 Å². The average Bonchev–Trinajstić information content (AvgIpc) is 2.57. The first-order valence-electron chi connectivity index (χ1n) is 8.14. The van der Waals surface area contributed by atoms with Gasteiger partial charge in [-0.25, -0.2) is 0 Å². The summed E-state index contributed by atoms with van der Waals surface area (Å²) in [6.45, 7) is 6.56. The fourth-order valence-electron chi connectivity index (χ4n) is 2.25. The SMILES string of the molecule is CC(C)(C)NCC(O)c1cc(OCc2ccccc2)cc([N+](=O)[O-])c1. The number of aliphatic hydroxyl groups is 1. The van der Waals surface area contributed by atoms with Gasteiger partial charge in [-0.1, -0.05) is 30.3 Å². The zero-order valence-electron chi connectivity index (χ0n) is 14.7. The van der Waals surface area contributed by atoms with Gasteiger partial charge in [0.25, 0.3) is 5.69 Å². The summed E-state index contributed by atoms with van der Waals surface area (Å²) < 4.78 is 5.68. The minimum atomic E-state index is -0.863. The first kappa shape index (κ1) is 18.9.